The number of hydrogen-bond acceptors (Lipinski definition) is 3. The molecule has 3 rings (SSSR count). The Morgan fingerprint density at radius 1 is 1.17 bits per heavy atom. The smallest absolute Gasteiger partial charge is 0.257 e. The maximum atomic E-state index is 12.3. The highest BCUT2D eigenvalue weighted by atomic mass is 16.1. The third-order valence-electron chi connectivity index (χ3n) is 4.03. The first-order chi connectivity index (χ1) is 11.5. The lowest BCUT2D eigenvalue weighted by Crippen LogP contribution is -2.16. The van der Waals surface area contributed by atoms with Gasteiger partial charge in [-0.2, -0.15) is 0 Å². The Morgan fingerprint density at radius 2 is 1.88 bits per heavy atom. The number of pyridine rings is 1. The quantitative estimate of drug-likeness (QED) is 0.778. The number of imidazole rings is 1. The van der Waals surface area contributed by atoms with Crippen LogP contribution in [-0.4, -0.2) is 20.4 Å². The van der Waals surface area contributed by atoms with E-state index < -0.39 is 0 Å². The van der Waals surface area contributed by atoms with Crippen LogP contribution in [-0.2, 0) is 0 Å². The van der Waals surface area contributed by atoms with Gasteiger partial charge in [-0.25, -0.2) is 4.98 Å². The normalized spacial score (nSPS) is 10.6. The number of rotatable bonds is 3. The number of aryl methyl sites for hydroxylation is 2. The van der Waals surface area contributed by atoms with Gasteiger partial charge in [0, 0.05) is 29.3 Å². The summed E-state index contributed by atoms with van der Waals surface area (Å²) < 4.78 is 1.99. The highest BCUT2D eigenvalue weighted by Crippen LogP contribution is 2.17. The summed E-state index contributed by atoms with van der Waals surface area (Å²) in [6, 6.07) is 8.92. The Bertz CT molecular complexity index is 952. The fraction of sp³-hybridized carbons (Fsp3) is 0.167. The first-order valence-corrected chi connectivity index (χ1v) is 7.57. The molecule has 1 amide bonds. The van der Waals surface area contributed by atoms with Crippen LogP contribution in [0.5, 0.6) is 0 Å². The van der Waals surface area contributed by atoms with Gasteiger partial charge in [-0.15, -0.1) is 0 Å². The van der Waals surface area contributed by atoms with E-state index in [1.807, 2.05) is 42.7 Å². The number of H-pyrrole nitrogens is 1. The minimum atomic E-state index is -0.258. The fourth-order valence-electron chi connectivity index (χ4n) is 2.48. The van der Waals surface area contributed by atoms with E-state index in [2.05, 4.69) is 15.3 Å². The maximum absolute atomic E-state index is 12.3. The molecule has 0 aliphatic carbocycles. The van der Waals surface area contributed by atoms with Crippen molar-refractivity contribution in [2.45, 2.75) is 20.8 Å². The average Bonchev–Trinajstić information content (AvgIpc) is 2.87. The molecule has 0 bridgehead atoms. The van der Waals surface area contributed by atoms with Crippen LogP contribution in [0.4, 0.5) is 5.69 Å². The molecule has 0 saturated carbocycles. The molecule has 6 nitrogen and oxygen atoms in total. The van der Waals surface area contributed by atoms with Gasteiger partial charge < -0.3 is 14.9 Å². The minimum absolute atomic E-state index is 0.223. The molecule has 24 heavy (non-hydrogen) atoms. The Morgan fingerprint density at radius 3 is 2.46 bits per heavy atom. The predicted octanol–water partition coefficient (Wildman–Crippen LogP) is 2.74. The Labute approximate surface area is 139 Å². The summed E-state index contributed by atoms with van der Waals surface area (Å²) in [5, 5.41) is 2.83. The van der Waals surface area contributed by atoms with Gasteiger partial charge in [-0.1, -0.05) is 0 Å². The molecule has 2 N–H and O–H groups in total. The summed E-state index contributed by atoms with van der Waals surface area (Å²) in [5.41, 5.74) is 4.59. The van der Waals surface area contributed by atoms with Gasteiger partial charge in [-0.3, -0.25) is 9.59 Å². The SMILES string of the molecule is Cc1cc(=O)[nH]cc1C(=O)Nc1ccc(-n2cnc(C)c2C)cc1. The van der Waals surface area contributed by atoms with E-state index in [-0.39, 0.29) is 11.5 Å². The second-order valence-corrected chi connectivity index (χ2v) is 5.68. The van der Waals surface area contributed by atoms with E-state index >= 15 is 0 Å². The third kappa shape index (κ3) is 2.99. The summed E-state index contributed by atoms with van der Waals surface area (Å²) >= 11 is 0. The standard InChI is InChI=1S/C18H18N4O2/c1-11-8-17(23)19-9-16(11)18(24)21-14-4-6-15(7-5-14)22-10-20-12(2)13(22)3/h4-10H,1-3H3,(H,19,23)(H,21,24). The molecule has 0 aliphatic heterocycles. The molecule has 1 aromatic carbocycles. The molecule has 6 heteroatoms. The van der Waals surface area contributed by atoms with E-state index in [0.29, 0.717) is 16.8 Å². The minimum Gasteiger partial charge on any atom is -0.328 e. The zero-order valence-corrected chi connectivity index (χ0v) is 13.8. The van der Waals surface area contributed by atoms with Crippen LogP contribution in [0.25, 0.3) is 5.69 Å². The number of benzene rings is 1. The first-order valence-electron chi connectivity index (χ1n) is 7.57. The average molecular weight is 322 g/mol. The van der Waals surface area contributed by atoms with Crippen molar-refractivity contribution >= 4 is 11.6 Å². The Kier molecular flexibility index (Phi) is 4.04. The van der Waals surface area contributed by atoms with Gasteiger partial charge >= 0.3 is 0 Å². The zero-order valence-electron chi connectivity index (χ0n) is 13.8. The van der Waals surface area contributed by atoms with Crippen molar-refractivity contribution in [3.63, 3.8) is 0 Å². The van der Waals surface area contributed by atoms with Gasteiger partial charge in [0.15, 0.2) is 0 Å². The second-order valence-electron chi connectivity index (χ2n) is 5.68. The number of nitrogens with one attached hydrogen (secondary N) is 2. The van der Waals surface area contributed by atoms with Gasteiger partial charge in [0.2, 0.25) is 5.56 Å². The number of nitrogens with zero attached hydrogens (tertiary/aromatic N) is 2. The molecule has 0 saturated heterocycles. The molecule has 0 aliphatic rings. The lowest BCUT2D eigenvalue weighted by atomic mass is 10.1. The molecular weight excluding hydrogens is 304 g/mol. The Balaban J connectivity index is 1.80. The number of carbonyl (C=O) groups is 1. The summed E-state index contributed by atoms with van der Waals surface area (Å²) in [6.45, 7) is 5.71. The van der Waals surface area contributed by atoms with Crippen LogP contribution in [0, 0.1) is 20.8 Å². The topological polar surface area (TPSA) is 79.8 Å². The van der Waals surface area contributed by atoms with Gasteiger partial charge in [0.1, 0.15) is 0 Å². The van der Waals surface area contributed by atoms with E-state index in [1.165, 1.54) is 12.3 Å². The number of aromatic nitrogens is 3. The maximum Gasteiger partial charge on any atom is 0.257 e. The second kappa shape index (κ2) is 6.16. The number of hydrogen-bond donors (Lipinski definition) is 2. The number of aromatic amines is 1. The molecule has 0 radical (unpaired) electrons. The number of anilines is 1. The van der Waals surface area contributed by atoms with E-state index in [0.717, 1.165) is 17.1 Å². The van der Waals surface area contributed by atoms with Crippen molar-refractivity contribution < 1.29 is 4.79 Å². The van der Waals surface area contributed by atoms with E-state index in [9.17, 15) is 9.59 Å². The van der Waals surface area contributed by atoms with Crippen molar-refractivity contribution in [1.29, 1.82) is 0 Å². The first kappa shape index (κ1) is 15.7. The number of amides is 1. The highest BCUT2D eigenvalue weighted by molar-refractivity contribution is 6.05. The van der Waals surface area contributed by atoms with Crippen molar-refractivity contribution in [1.82, 2.24) is 14.5 Å². The van der Waals surface area contributed by atoms with Crippen LogP contribution in [0.2, 0.25) is 0 Å². The van der Waals surface area contributed by atoms with Gasteiger partial charge in [0.05, 0.1) is 17.6 Å². The van der Waals surface area contributed by atoms with Crippen LogP contribution in [0.1, 0.15) is 27.3 Å². The molecule has 0 fully saturated rings. The Hall–Kier alpha value is -3.15. The molecule has 2 heterocycles. The summed E-state index contributed by atoms with van der Waals surface area (Å²) in [6.07, 6.45) is 3.21. The van der Waals surface area contributed by atoms with E-state index in [1.54, 1.807) is 13.3 Å². The molecule has 2 aromatic heterocycles. The fourth-order valence-corrected chi connectivity index (χ4v) is 2.48. The lowest BCUT2D eigenvalue weighted by Gasteiger charge is -2.09. The highest BCUT2D eigenvalue weighted by Gasteiger charge is 2.10. The lowest BCUT2D eigenvalue weighted by molar-refractivity contribution is 0.102. The van der Waals surface area contributed by atoms with Crippen molar-refractivity contribution in [2.75, 3.05) is 5.32 Å². The van der Waals surface area contributed by atoms with Crippen LogP contribution < -0.4 is 10.9 Å². The van der Waals surface area contributed by atoms with Gasteiger partial charge in [0.25, 0.3) is 5.91 Å². The third-order valence-corrected chi connectivity index (χ3v) is 4.03. The van der Waals surface area contributed by atoms with Crippen molar-refractivity contribution in [3.8, 4) is 5.69 Å². The molecule has 122 valence electrons. The predicted molar refractivity (Wildman–Crippen MR) is 92.8 cm³/mol. The van der Waals surface area contributed by atoms with Crippen molar-refractivity contribution in [3.05, 3.63) is 75.7 Å². The number of carbonyl (C=O) groups excluding carboxylic acids is 1. The monoisotopic (exact) mass is 322 g/mol. The molecule has 0 atom stereocenters. The van der Waals surface area contributed by atoms with Crippen molar-refractivity contribution in [2.24, 2.45) is 0 Å². The molecule has 0 unspecified atom stereocenters. The van der Waals surface area contributed by atoms with Crippen LogP contribution in [0.15, 0.2) is 47.7 Å². The summed E-state index contributed by atoms with van der Waals surface area (Å²) in [7, 11) is 0. The van der Waals surface area contributed by atoms with Crippen LogP contribution >= 0.6 is 0 Å². The largest absolute Gasteiger partial charge is 0.328 e. The van der Waals surface area contributed by atoms with Crippen LogP contribution in [0.3, 0.4) is 0 Å². The summed E-state index contributed by atoms with van der Waals surface area (Å²) in [5.74, 6) is -0.258. The molecular formula is C18H18N4O2. The van der Waals surface area contributed by atoms with Gasteiger partial charge in [-0.05, 0) is 50.6 Å². The molecule has 3 aromatic rings. The van der Waals surface area contributed by atoms with E-state index in [4.69, 9.17) is 0 Å². The zero-order chi connectivity index (χ0) is 17.3. The summed E-state index contributed by atoms with van der Waals surface area (Å²) in [4.78, 5) is 30.3. The molecule has 0 spiro atoms.